The van der Waals surface area contributed by atoms with Gasteiger partial charge in [0.25, 0.3) is 11.5 Å². The third-order valence-corrected chi connectivity index (χ3v) is 6.24. The van der Waals surface area contributed by atoms with Crippen LogP contribution in [0.25, 0.3) is 0 Å². The van der Waals surface area contributed by atoms with Gasteiger partial charge in [-0.1, -0.05) is 30.3 Å². The summed E-state index contributed by atoms with van der Waals surface area (Å²) in [5.74, 6) is 0.331. The van der Waals surface area contributed by atoms with Gasteiger partial charge in [0.2, 0.25) is 0 Å². The summed E-state index contributed by atoms with van der Waals surface area (Å²) in [7, 11) is 1.79. The fourth-order valence-electron chi connectivity index (χ4n) is 4.61. The Balaban J connectivity index is 1.33. The fourth-order valence-corrected chi connectivity index (χ4v) is 4.61. The van der Waals surface area contributed by atoms with Gasteiger partial charge in [0.1, 0.15) is 5.56 Å². The number of aryl methyl sites for hydroxylation is 1. The lowest BCUT2D eigenvalue weighted by atomic mass is 9.94. The normalized spacial score (nSPS) is 19.4. The lowest BCUT2D eigenvalue weighted by molar-refractivity contribution is 0.0947. The average Bonchev–Trinajstić information content (AvgIpc) is 3.20. The van der Waals surface area contributed by atoms with E-state index in [2.05, 4.69) is 40.5 Å². The molecule has 28 heavy (non-hydrogen) atoms. The van der Waals surface area contributed by atoms with Crippen molar-refractivity contribution in [2.45, 2.75) is 38.0 Å². The highest BCUT2D eigenvalue weighted by atomic mass is 16.2. The molecule has 4 rings (SSSR count). The molecule has 1 amide bonds. The van der Waals surface area contributed by atoms with Crippen molar-refractivity contribution in [1.82, 2.24) is 14.8 Å². The monoisotopic (exact) mass is 379 g/mol. The number of amides is 1. The van der Waals surface area contributed by atoms with E-state index in [0.717, 1.165) is 63.0 Å². The van der Waals surface area contributed by atoms with Gasteiger partial charge in [-0.2, -0.15) is 0 Å². The maximum atomic E-state index is 12.6. The van der Waals surface area contributed by atoms with Crippen LogP contribution in [0.15, 0.2) is 41.2 Å². The molecule has 1 N–H and O–H groups in total. The number of rotatable bonds is 5. The molecule has 0 spiro atoms. The van der Waals surface area contributed by atoms with Gasteiger partial charge in [0, 0.05) is 32.4 Å². The van der Waals surface area contributed by atoms with Gasteiger partial charge >= 0.3 is 0 Å². The van der Waals surface area contributed by atoms with E-state index in [0.29, 0.717) is 12.5 Å². The first-order chi connectivity index (χ1) is 13.6. The molecule has 0 bridgehead atoms. The van der Waals surface area contributed by atoms with Gasteiger partial charge in [-0.3, -0.25) is 9.59 Å². The van der Waals surface area contributed by atoms with E-state index < -0.39 is 0 Å². The third kappa shape index (κ3) is 3.90. The van der Waals surface area contributed by atoms with E-state index in [4.69, 9.17) is 0 Å². The van der Waals surface area contributed by atoms with Crippen LogP contribution in [0.2, 0.25) is 0 Å². The van der Waals surface area contributed by atoms with E-state index >= 15 is 0 Å². The van der Waals surface area contributed by atoms with E-state index in [-0.39, 0.29) is 17.0 Å². The Bertz CT molecular complexity index is 904. The number of fused-ring (bicyclic) bond motifs is 1. The zero-order chi connectivity index (χ0) is 19.5. The molecular formula is C23H29N3O2. The molecule has 2 aliphatic rings. The van der Waals surface area contributed by atoms with Crippen molar-refractivity contribution in [3.05, 3.63) is 69.1 Å². The van der Waals surface area contributed by atoms with Crippen molar-refractivity contribution in [2.75, 3.05) is 26.2 Å². The van der Waals surface area contributed by atoms with Crippen molar-refractivity contribution in [3.63, 3.8) is 0 Å². The highest BCUT2D eigenvalue weighted by molar-refractivity contribution is 5.94. The van der Waals surface area contributed by atoms with E-state index in [1.807, 2.05) is 6.07 Å². The van der Waals surface area contributed by atoms with Gasteiger partial charge in [-0.15, -0.1) is 0 Å². The van der Waals surface area contributed by atoms with Crippen LogP contribution in [-0.4, -0.2) is 41.6 Å². The lowest BCUT2D eigenvalue weighted by Crippen LogP contribution is -2.38. The van der Waals surface area contributed by atoms with Crippen LogP contribution in [-0.2, 0) is 19.9 Å². The molecule has 1 saturated heterocycles. The summed E-state index contributed by atoms with van der Waals surface area (Å²) < 4.78 is 1.67. The Kier molecular flexibility index (Phi) is 5.62. The van der Waals surface area contributed by atoms with E-state index in [9.17, 15) is 9.59 Å². The lowest BCUT2D eigenvalue weighted by Gasteiger charge is -2.20. The Morgan fingerprint density at radius 1 is 1.18 bits per heavy atom. The maximum absolute atomic E-state index is 12.6. The number of nitrogens with one attached hydrogen (secondary N) is 1. The minimum atomic E-state index is -0.243. The molecular weight excluding hydrogens is 350 g/mol. The summed E-state index contributed by atoms with van der Waals surface area (Å²) in [5.41, 5.74) is 3.75. The minimum Gasteiger partial charge on any atom is -0.351 e. The van der Waals surface area contributed by atoms with Gasteiger partial charge in [-0.25, -0.2) is 0 Å². The number of nitrogens with zero attached hydrogens (tertiary/aromatic N) is 2. The molecule has 5 heteroatoms. The average molecular weight is 380 g/mol. The molecule has 1 atom stereocenters. The second-order valence-corrected chi connectivity index (χ2v) is 8.05. The summed E-state index contributed by atoms with van der Waals surface area (Å²) in [5, 5.41) is 2.96. The molecule has 2 heterocycles. The number of hydrogen-bond acceptors (Lipinski definition) is 3. The van der Waals surface area contributed by atoms with Crippen LogP contribution in [0.1, 0.15) is 52.4 Å². The number of hydrogen-bond donors (Lipinski definition) is 1. The highest BCUT2D eigenvalue weighted by Crippen LogP contribution is 2.26. The Morgan fingerprint density at radius 2 is 1.96 bits per heavy atom. The molecule has 1 aliphatic heterocycles. The van der Waals surface area contributed by atoms with Gasteiger partial charge in [0.15, 0.2) is 0 Å². The first-order valence-corrected chi connectivity index (χ1v) is 10.4. The Hall–Kier alpha value is -2.40. The van der Waals surface area contributed by atoms with Crippen LogP contribution in [0.5, 0.6) is 0 Å². The molecule has 0 radical (unpaired) electrons. The number of likely N-dealkylation sites (tertiary alicyclic amines) is 1. The number of benzene rings is 1. The summed E-state index contributed by atoms with van der Waals surface area (Å²) in [6, 6.07) is 12.5. The zero-order valence-corrected chi connectivity index (χ0v) is 16.6. The first-order valence-electron chi connectivity index (χ1n) is 10.4. The topological polar surface area (TPSA) is 54.3 Å². The molecule has 1 fully saturated rings. The molecule has 148 valence electrons. The van der Waals surface area contributed by atoms with Crippen LogP contribution < -0.4 is 10.9 Å². The van der Waals surface area contributed by atoms with Crippen LogP contribution in [0.4, 0.5) is 0 Å². The second-order valence-electron chi connectivity index (χ2n) is 8.05. The molecule has 1 aromatic heterocycles. The SMILES string of the molecule is Cn1c2c(cc(C(=O)NCCN3CC[C@@H](c4ccccc4)C3)c1=O)CCCC2. The van der Waals surface area contributed by atoms with Crippen molar-refractivity contribution < 1.29 is 4.79 Å². The standard InChI is InChI=1S/C23H29N3O2/c1-25-21-10-6-5-9-18(21)15-20(23(25)28)22(27)24-12-14-26-13-11-19(16-26)17-7-3-2-4-8-17/h2-4,7-8,15,19H,5-6,9-14,16H2,1H3,(H,24,27)/t19-/m1/s1. The van der Waals surface area contributed by atoms with Crippen LogP contribution in [0.3, 0.4) is 0 Å². The summed E-state index contributed by atoms with van der Waals surface area (Å²) in [6.45, 7) is 3.47. The molecule has 1 aliphatic carbocycles. The van der Waals surface area contributed by atoms with Crippen LogP contribution >= 0.6 is 0 Å². The zero-order valence-electron chi connectivity index (χ0n) is 16.6. The predicted molar refractivity (Wildman–Crippen MR) is 111 cm³/mol. The minimum absolute atomic E-state index is 0.177. The molecule has 1 aromatic carbocycles. The van der Waals surface area contributed by atoms with Crippen molar-refractivity contribution in [2.24, 2.45) is 7.05 Å². The Labute approximate surface area is 166 Å². The Morgan fingerprint density at radius 3 is 2.79 bits per heavy atom. The van der Waals surface area contributed by atoms with E-state index in [1.54, 1.807) is 11.6 Å². The highest BCUT2D eigenvalue weighted by Gasteiger charge is 2.24. The molecule has 0 unspecified atom stereocenters. The molecule has 2 aromatic rings. The number of carbonyl (C=O) groups excluding carboxylic acids is 1. The third-order valence-electron chi connectivity index (χ3n) is 6.24. The summed E-state index contributed by atoms with van der Waals surface area (Å²) in [6.07, 6.45) is 5.29. The van der Waals surface area contributed by atoms with Gasteiger partial charge in [0.05, 0.1) is 0 Å². The van der Waals surface area contributed by atoms with Crippen molar-refractivity contribution >= 4 is 5.91 Å². The fraction of sp³-hybridized carbons (Fsp3) is 0.478. The summed E-state index contributed by atoms with van der Waals surface area (Å²) in [4.78, 5) is 27.6. The molecule has 0 saturated carbocycles. The number of aromatic nitrogens is 1. The first kappa shape index (κ1) is 18.9. The number of pyridine rings is 1. The van der Waals surface area contributed by atoms with Gasteiger partial charge < -0.3 is 14.8 Å². The van der Waals surface area contributed by atoms with Crippen molar-refractivity contribution in [3.8, 4) is 0 Å². The van der Waals surface area contributed by atoms with Crippen molar-refractivity contribution in [1.29, 1.82) is 0 Å². The number of carbonyl (C=O) groups is 1. The second kappa shape index (κ2) is 8.31. The molecule has 5 nitrogen and oxygen atoms in total. The smallest absolute Gasteiger partial charge is 0.263 e. The quantitative estimate of drug-likeness (QED) is 0.868. The van der Waals surface area contributed by atoms with Crippen LogP contribution in [0, 0.1) is 0 Å². The van der Waals surface area contributed by atoms with Gasteiger partial charge in [-0.05, 0) is 61.8 Å². The van der Waals surface area contributed by atoms with E-state index in [1.165, 1.54) is 5.56 Å². The summed E-state index contributed by atoms with van der Waals surface area (Å²) >= 11 is 0. The largest absolute Gasteiger partial charge is 0.351 e. The predicted octanol–water partition coefficient (Wildman–Crippen LogP) is 2.48. The maximum Gasteiger partial charge on any atom is 0.263 e.